The van der Waals surface area contributed by atoms with Gasteiger partial charge >= 0.3 is 5.97 Å². The zero-order chi connectivity index (χ0) is 26.7. The van der Waals surface area contributed by atoms with E-state index in [1.165, 1.54) is 13.8 Å². The molecule has 3 aromatic carbocycles. The van der Waals surface area contributed by atoms with Crippen molar-refractivity contribution in [2.45, 2.75) is 33.6 Å². The monoisotopic (exact) mass is 493 g/mol. The van der Waals surface area contributed by atoms with E-state index in [1.54, 1.807) is 24.3 Å². The fraction of sp³-hybridized carbons (Fsp3) is 0.222. The number of aryl methyl sites for hydroxylation is 2. The molecule has 36 heavy (non-hydrogen) atoms. The summed E-state index contributed by atoms with van der Waals surface area (Å²) in [6.07, 6.45) is 1.93. The minimum Gasteiger partial charge on any atom is -0.507 e. The van der Waals surface area contributed by atoms with Crippen molar-refractivity contribution in [2.24, 2.45) is 0 Å². The van der Waals surface area contributed by atoms with Crippen molar-refractivity contribution in [1.29, 1.82) is 0 Å². The fourth-order valence-corrected chi connectivity index (χ4v) is 3.74. The molecule has 0 atom stereocenters. The number of ether oxygens (including phenoxy) is 1. The van der Waals surface area contributed by atoms with Gasteiger partial charge < -0.3 is 30.9 Å². The van der Waals surface area contributed by atoms with Gasteiger partial charge in [-0.1, -0.05) is 13.3 Å². The molecule has 0 unspecified atom stereocenters. The summed E-state index contributed by atoms with van der Waals surface area (Å²) in [6.45, 7) is 5.47. The molecule has 0 spiro atoms. The van der Waals surface area contributed by atoms with Gasteiger partial charge in [-0.05, 0) is 67.8 Å². The summed E-state index contributed by atoms with van der Waals surface area (Å²) in [5, 5.41) is 40.1. The van der Waals surface area contributed by atoms with Crippen LogP contribution < -0.4 is 5.73 Å². The van der Waals surface area contributed by atoms with Gasteiger partial charge in [-0.3, -0.25) is 9.59 Å². The Balaban J connectivity index is 0.000000223. The Morgan fingerprint density at radius 2 is 1.25 bits per heavy atom. The summed E-state index contributed by atoms with van der Waals surface area (Å²) in [5.41, 5.74) is 5.65. The largest absolute Gasteiger partial charge is 0.507 e. The molecular weight excluding hydrogens is 466 g/mol. The molecule has 188 valence electrons. The van der Waals surface area contributed by atoms with Crippen LogP contribution in [-0.2, 0) is 4.74 Å². The molecule has 1 aliphatic rings. The number of nitrogen functional groups attached to an aromatic ring is 1. The van der Waals surface area contributed by atoms with E-state index in [1.807, 2.05) is 0 Å². The van der Waals surface area contributed by atoms with Crippen molar-refractivity contribution < 1.29 is 39.5 Å². The number of phenols is 4. The third-order valence-corrected chi connectivity index (χ3v) is 5.73. The Kier molecular flexibility index (Phi) is 7.53. The molecule has 0 aliphatic heterocycles. The van der Waals surface area contributed by atoms with E-state index in [-0.39, 0.29) is 39.4 Å². The van der Waals surface area contributed by atoms with Crippen molar-refractivity contribution in [2.75, 3.05) is 12.3 Å². The van der Waals surface area contributed by atoms with Crippen LogP contribution >= 0.6 is 0 Å². The lowest BCUT2D eigenvalue weighted by Gasteiger charge is -2.22. The predicted octanol–water partition coefficient (Wildman–Crippen LogP) is 4.13. The van der Waals surface area contributed by atoms with Gasteiger partial charge in [0.05, 0.1) is 34.4 Å². The average Bonchev–Trinajstić information content (AvgIpc) is 2.83. The van der Waals surface area contributed by atoms with Crippen molar-refractivity contribution in [3.8, 4) is 23.0 Å². The highest BCUT2D eigenvalue weighted by atomic mass is 16.5. The van der Waals surface area contributed by atoms with E-state index in [4.69, 9.17) is 10.5 Å². The van der Waals surface area contributed by atoms with Crippen molar-refractivity contribution >= 4 is 23.2 Å². The number of carbonyl (C=O) groups excluding carboxylic acids is 3. The molecule has 0 amide bonds. The highest BCUT2D eigenvalue weighted by Crippen LogP contribution is 2.45. The lowest BCUT2D eigenvalue weighted by molar-refractivity contribution is 0.0499. The van der Waals surface area contributed by atoms with Gasteiger partial charge in [-0.15, -0.1) is 0 Å². The second-order valence-electron chi connectivity index (χ2n) is 8.39. The number of ketones is 2. The third kappa shape index (κ3) is 4.81. The second-order valence-corrected chi connectivity index (χ2v) is 8.39. The third-order valence-electron chi connectivity index (χ3n) is 5.73. The van der Waals surface area contributed by atoms with Crippen molar-refractivity contribution in [3.63, 3.8) is 0 Å². The quantitative estimate of drug-likeness (QED) is 0.121. The van der Waals surface area contributed by atoms with Crippen LogP contribution in [0, 0.1) is 13.8 Å². The Morgan fingerprint density at radius 3 is 1.67 bits per heavy atom. The van der Waals surface area contributed by atoms with Crippen LogP contribution in [-0.4, -0.2) is 44.6 Å². The molecule has 6 N–H and O–H groups in total. The average molecular weight is 494 g/mol. The first-order valence-corrected chi connectivity index (χ1v) is 11.2. The van der Waals surface area contributed by atoms with Gasteiger partial charge in [0.25, 0.3) is 0 Å². The molecule has 0 bridgehead atoms. The zero-order valence-corrected chi connectivity index (χ0v) is 20.1. The molecule has 3 aromatic rings. The molecule has 0 saturated heterocycles. The summed E-state index contributed by atoms with van der Waals surface area (Å²) in [7, 11) is 0. The van der Waals surface area contributed by atoms with Crippen LogP contribution in [0.15, 0.2) is 36.4 Å². The molecule has 9 heteroatoms. The van der Waals surface area contributed by atoms with Crippen molar-refractivity contribution in [1.82, 2.24) is 0 Å². The Labute approximate surface area is 207 Å². The van der Waals surface area contributed by atoms with Gasteiger partial charge in [0.2, 0.25) is 11.6 Å². The van der Waals surface area contributed by atoms with E-state index >= 15 is 0 Å². The van der Waals surface area contributed by atoms with E-state index in [2.05, 4.69) is 6.92 Å². The molecule has 0 radical (unpaired) electrons. The first-order chi connectivity index (χ1) is 17.0. The fourth-order valence-electron chi connectivity index (χ4n) is 3.74. The van der Waals surface area contributed by atoms with E-state index < -0.39 is 34.6 Å². The molecular formula is C27H27NO8. The number of unbranched alkanes of at least 4 members (excludes halogenated alkanes) is 1. The summed E-state index contributed by atoms with van der Waals surface area (Å²) >= 11 is 0. The van der Waals surface area contributed by atoms with E-state index in [9.17, 15) is 34.8 Å². The lowest BCUT2D eigenvalue weighted by Crippen LogP contribution is -2.22. The number of carbonyl (C=O) groups is 3. The summed E-state index contributed by atoms with van der Waals surface area (Å²) in [6, 6.07) is 9.05. The predicted molar refractivity (Wildman–Crippen MR) is 132 cm³/mol. The Morgan fingerprint density at radius 1 is 0.806 bits per heavy atom. The van der Waals surface area contributed by atoms with Gasteiger partial charge in [0.1, 0.15) is 23.0 Å². The highest BCUT2D eigenvalue weighted by molar-refractivity contribution is 6.32. The molecule has 0 aromatic heterocycles. The normalized spacial score (nSPS) is 11.8. The minimum atomic E-state index is -0.825. The van der Waals surface area contributed by atoms with Crippen LogP contribution in [0.1, 0.15) is 73.1 Å². The van der Waals surface area contributed by atoms with Gasteiger partial charge in [-0.2, -0.15) is 0 Å². The maximum atomic E-state index is 12.6. The molecule has 4 rings (SSSR count). The molecule has 9 nitrogen and oxygen atoms in total. The minimum absolute atomic E-state index is 0.219. The smallest absolute Gasteiger partial charge is 0.338 e. The van der Waals surface area contributed by atoms with Gasteiger partial charge in [-0.25, -0.2) is 4.79 Å². The van der Waals surface area contributed by atoms with E-state index in [0.29, 0.717) is 17.9 Å². The maximum absolute atomic E-state index is 12.6. The lowest BCUT2D eigenvalue weighted by atomic mass is 9.80. The first kappa shape index (κ1) is 26.1. The first-order valence-electron chi connectivity index (χ1n) is 11.2. The van der Waals surface area contributed by atoms with Crippen LogP contribution in [0.3, 0.4) is 0 Å². The number of fused-ring (bicyclic) bond motifs is 2. The molecule has 1 aliphatic carbocycles. The zero-order valence-electron chi connectivity index (χ0n) is 20.1. The summed E-state index contributed by atoms with van der Waals surface area (Å²) in [5.74, 6) is -3.72. The van der Waals surface area contributed by atoms with Gasteiger partial charge in [0, 0.05) is 5.69 Å². The van der Waals surface area contributed by atoms with Crippen molar-refractivity contribution in [3.05, 3.63) is 75.3 Å². The number of hydrogen-bond acceptors (Lipinski definition) is 9. The van der Waals surface area contributed by atoms with Crippen LogP contribution in [0.4, 0.5) is 5.69 Å². The number of nitrogens with two attached hydrogens (primary N) is 1. The number of phenolic OH excluding ortho intramolecular Hbond substituents is 4. The standard InChI is InChI=1S/C16H12O6.C11H15NO2/c1-5-3-7(17)9-11(13(5)19)15(21)10-8(18)4-6(2)14(20)12(10)16(9)22;1-2-3-8-14-11(13)9-4-6-10(12)7-5-9/h3-4,17-20H,1-2H3;4-7H,2-3,8,12H2,1H3. The number of hydrogen-bond donors (Lipinski definition) is 5. The maximum Gasteiger partial charge on any atom is 0.338 e. The number of aromatic hydroxyl groups is 4. The van der Waals surface area contributed by atoms with Crippen LogP contribution in [0.25, 0.3) is 0 Å². The number of esters is 1. The number of rotatable bonds is 4. The highest BCUT2D eigenvalue weighted by Gasteiger charge is 2.39. The second kappa shape index (κ2) is 10.4. The Bertz CT molecular complexity index is 1290. The van der Waals surface area contributed by atoms with Gasteiger partial charge in [0.15, 0.2) is 0 Å². The van der Waals surface area contributed by atoms with E-state index in [0.717, 1.165) is 25.0 Å². The van der Waals surface area contributed by atoms with Crippen LogP contribution in [0.2, 0.25) is 0 Å². The van der Waals surface area contributed by atoms with Crippen LogP contribution in [0.5, 0.6) is 23.0 Å². The molecule has 0 heterocycles. The summed E-state index contributed by atoms with van der Waals surface area (Å²) in [4.78, 5) is 36.5. The molecule has 0 saturated carbocycles. The topological polar surface area (TPSA) is 167 Å². The summed E-state index contributed by atoms with van der Waals surface area (Å²) < 4.78 is 5.03. The Hall–Kier alpha value is -4.53. The number of anilines is 1. The molecule has 0 fully saturated rings. The SMILES string of the molecule is CCCCOC(=O)c1ccc(N)cc1.Cc1cc(O)c2c(c1O)C(=O)c1c(O)cc(C)c(O)c1C2=O. The number of benzene rings is 3.